The van der Waals surface area contributed by atoms with Crippen LogP contribution in [0, 0.1) is 11.3 Å². The second-order valence-corrected chi connectivity index (χ2v) is 4.72. The predicted octanol–water partition coefficient (Wildman–Crippen LogP) is 1.47. The molecule has 0 unspecified atom stereocenters. The van der Waals surface area contributed by atoms with Gasteiger partial charge < -0.3 is 19.1 Å². The highest BCUT2D eigenvalue weighted by molar-refractivity contribution is 6.01. The summed E-state index contributed by atoms with van der Waals surface area (Å²) in [5, 5.41) is 9.28. The summed E-state index contributed by atoms with van der Waals surface area (Å²) >= 11 is 0. The van der Waals surface area contributed by atoms with Gasteiger partial charge in [-0.1, -0.05) is 0 Å². The Kier molecular flexibility index (Phi) is 5.39. The standard InChI is InChI=1S/C16H18N2O4/c1-20-14-8-12(9-15(10-14)21-2)7-13(11-17)16(19)18-3-5-22-6-4-18/h7-10H,3-6H2,1-2H3/b13-7+. The van der Waals surface area contributed by atoms with Gasteiger partial charge in [0, 0.05) is 19.2 Å². The topological polar surface area (TPSA) is 71.8 Å². The molecule has 1 amide bonds. The smallest absolute Gasteiger partial charge is 0.264 e. The molecular weight excluding hydrogens is 284 g/mol. The van der Waals surface area contributed by atoms with Crippen molar-refractivity contribution < 1.29 is 19.0 Å². The van der Waals surface area contributed by atoms with Crippen LogP contribution in [-0.4, -0.2) is 51.3 Å². The maximum absolute atomic E-state index is 12.4. The molecule has 6 heteroatoms. The van der Waals surface area contributed by atoms with E-state index in [1.807, 2.05) is 6.07 Å². The van der Waals surface area contributed by atoms with Crippen LogP contribution >= 0.6 is 0 Å². The maximum Gasteiger partial charge on any atom is 0.264 e. The third-order valence-electron chi connectivity index (χ3n) is 3.33. The molecule has 0 saturated carbocycles. The Bertz CT molecular complexity index is 591. The van der Waals surface area contributed by atoms with Crippen LogP contribution in [-0.2, 0) is 9.53 Å². The van der Waals surface area contributed by atoms with Crippen molar-refractivity contribution in [2.45, 2.75) is 0 Å². The minimum atomic E-state index is -0.285. The highest BCUT2D eigenvalue weighted by atomic mass is 16.5. The van der Waals surface area contributed by atoms with Crippen LogP contribution in [0.25, 0.3) is 6.08 Å². The number of carbonyl (C=O) groups is 1. The lowest BCUT2D eigenvalue weighted by Gasteiger charge is -2.26. The number of hydrogen-bond donors (Lipinski definition) is 0. The number of ether oxygens (including phenoxy) is 3. The first kappa shape index (κ1) is 15.9. The van der Waals surface area contributed by atoms with Gasteiger partial charge in [0.15, 0.2) is 0 Å². The first-order chi connectivity index (χ1) is 10.7. The van der Waals surface area contributed by atoms with Gasteiger partial charge >= 0.3 is 0 Å². The molecule has 2 rings (SSSR count). The molecule has 0 aromatic heterocycles. The number of benzene rings is 1. The van der Waals surface area contributed by atoms with Crippen molar-refractivity contribution in [2.75, 3.05) is 40.5 Å². The van der Waals surface area contributed by atoms with E-state index < -0.39 is 0 Å². The molecule has 116 valence electrons. The Morgan fingerprint density at radius 2 is 1.82 bits per heavy atom. The molecule has 22 heavy (non-hydrogen) atoms. The zero-order valence-corrected chi connectivity index (χ0v) is 12.7. The molecule has 1 aromatic rings. The third kappa shape index (κ3) is 3.77. The molecule has 0 aliphatic carbocycles. The zero-order valence-electron chi connectivity index (χ0n) is 12.7. The fourth-order valence-electron chi connectivity index (χ4n) is 2.16. The molecule has 1 fully saturated rings. The number of nitriles is 1. The van der Waals surface area contributed by atoms with E-state index in [0.717, 1.165) is 0 Å². The molecular formula is C16H18N2O4. The summed E-state index contributed by atoms with van der Waals surface area (Å²) in [6, 6.07) is 7.18. The Hall–Kier alpha value is -2.52. The minimum Gasteiger partial charge on any atom is -0.497 e. The summed E-state index contributed by atoms with van der Waals surface area (Å²) < 4.78 is 15.6. The third-order valence-corrected chi connectivity index (χ3v) is 3.33. The maximum atomic E-state index is 12.4. The van der Waals surface area contributed by atoms with E-state index in [1.165, 1.54) is 0 Å². The van der Waals surface area contributed by atoms with Crippen LogP contribution in [0.4, 0.5) is 0 Å². The summed E-state index contributed by atoms with van der Waals surface area (Å²) in [5.41, 5.74) is 0.756. The molecule has 1 saturated heterocycles. The summed E-state index contributed by atoms with van der Waals surface area (Å²) in [7, 11) is 3.10. The highest BCUT2D eigenvalue weighted by Crippen LogP contribution is 2.24. The lowest BCUT2D eigenvalue weighted by atomic mass is 10.1. The fourth-order valence-corrected chi connectivity index (χ4v) is 2.16. The van der Waals surface area contributed by atoms with Crippen molar-refractivity contribution in [2.24, 2.45) is 0 Å². The van der Waals surface area contributed by atoms with Crippen LogP contribution in [0.5, 0.6) is 11.5 Å². The van der Waals surface area contributed by atoms with Gasteiger partial charge in [0.2, 0.25) is 0 Å². The number of rotatable bonds is 4. The van der Waals surface area contributed by atoms with Crippen molar-refractivity contribution in [3.63, 3.8) is 0 Å². The molecule has 1 heterocycles. The van der Waals surface area contributed by atoms with E-state index >= 15 is 0 Å². The van der Waals surface area contributed by atoms with Crippen molar-refractivity contribution in [1.82, 2.24) is 4.90 Å². The summed E-state index contributed by atoms with van der Waals surface area (Å²) in [5.74, 6) is 0.913. The van der Waals surface area contributed by atoms with Gasteiger partial charge in [0.05, 0.1) is 27.4 Å². The Labute approximate surface area is 129 Å². The van der Waals surface area contributed by atoms with Crippen LogP contribution in [0.15, 0.2) is 23.8 Å². The molecule has 1 aliphatic rings. The van der Waals surface area contributed by atoms with Crippen LogP contribution in [0.3, 0.4) is 0 Å². The van der Waals surface area contributed by atoms with Crippen LogP contribution < -0.4 is 9.47 Å². The van der Waals surface area contributed by atoms with E-state index in [2.05, 4.69) is 0 Å². The van der Waals surface area contributed by atoms with Crippen molar-refractivity contribution in [1.29, 1.82) is 5.26 Å². The van der Waals surface area contributed by atoms with Crippen molar-refractivity contribution in [3.8, 4) is 17.6 Å². The molecule has 0 N–H and O–H groups in total. The quantitative estimate of drug-likeness (QED) is 0.622. The summed E-state index contributed by atoms with van der Waals surface area (Å²) in [6.07, 6.45) is 1.54. The van der Waals surface area contributed by atoms with Gasteiger partial charge in [-0.25, -0.2) is 0 Å². The van der Waals surface area contributed by atoms with E-state index in [-0.39, 0.29) is 11.5 Å². The highest BCUT2D eigenvalue weighted by Gasteiger charge is 2.20. The second kappa shape index (κ2) is 7.48. The minimum absolute atomic E-state index is 0.0807. The van der Waals surface area contributed by atoms with Gasteiger partial charge in [-0.05, 0) is 23.8 Å². The number of hydrogen-bond acceptors (Lipinski definition) is 5. The van der Waals surface area contributed by atoms with Gasteiger partial charge in [-0.15, -0.1) is 0 Å². The lowest BCUT2D eigenvalue weighted by molar-refractivity contribution is -0.130. The molecule has 0 bridgehead atoms. The first-order valence-electron chi connectivity index (χ1n) is 6.90. The average molecular weight is 302 g/mol. The largest absolute Gasteiger partial charge is 0.497 e. The second-order valence-electron chi connectivity index (χ2n) is 4.72. The Balaban J connectivity index is 2.28. The molecule has 1 aliphatic heterocycles. The zero-order chi connectivity index (χ0) is 15.9. The molecule has 0 radical (unpaired) electrons. The van der Waals surface area contributed by atoms with Gasteiger partial charge in [0.1, 0.15) is 23.1 Å². The fraction of sp³-hybridized carbons (Fsp3) is 0.375. The number of nitrogens with zero attached hydrogens (tertiary/aromatic N) is 2. The average Bonchev–Trinajstić information content (AvgIpc) is 2.59. The SMILES string of the molecule is COc1cc(/C=C(\C#N)C(=O)N2CCOCC2)cc(OC)c1. The number of methoxy groups -OCH3 is 2. The Morgan fingerprint density at radius 3 is 2.32 bits per heavy atom. The van der Waals surface area contributed by atoms with Crippen LogP contribution in [0.2, 0.25) is 0 Å². The molecule has 0 atom stereocenters. The number of morpholine rings is 1. The monoisotopic (exact) mass is 302 g/mol. The molecule has 1 aromatic carbocycles. The number of amides is 1. The molecule has 0 spiro atoms. The van der Waals surface area contributed by atoms with Gasteiger partial charge in [0.25, 0.3) is 5.91 Å². The van der Waals surface area contributed by atoms with Crippen molar-refractivity contribution in [3.05, 3.63) is 29.3 Å². The predicted molar refractivity (Wildman–Crippen MR) is 80.5 cm³/mol. The molecule has 6 nitrogen and oxygen atoms in total. The van der Waals surface area contributed by atoms with E-state index in [1.54, 1.807) is 43.4 Å². The normalized spacial score (nSPS) is 15.1. The van der Waals surface area contributed by atoms with E-state index in [0.29, 0.717) is 43.4 Å². The summed E-state index contributed by atoms with van der Waals surface area (Å²) in [4.78, 5) is 14.0. The number of carbonyl (C=O) groups excluding carboxylic acids is 1. The van der Waals surface area contributed by atoms with E-state index in [9.17, 15) is 10.1 Å². The summed E-state index contributed by atoms with van der Waals surface area (Å²) in [6.45, 7) is 1.99. The van der Waals surface area contributed by atoms with Crippen molar-refractivity contribution >= 4 is 12.0 Å². The van der Waals surface area contributed by atoms with Crippen LogP contribution in [0.1, 0.15) is 5.56 Å². The van der Waals surface area contributed by atoms with Gasteiger partial charge in [-0.3, -0.25) is 4.79 Å². The Morgan fingerprint density at radius 1 is 1.23 bits per heavy atom. The first-order valence-corrected chi connectivity index (χ1v) is 6.90. The van der Waals surface area contributed by atoms with Gasteiger partial charge in [-0.2, -0.15) is 5.26 Å². The lowest BCUT2D eigenvalue weighted by Crippen LogP contribution is -2.41. The van der Waals surface area contributed by atoms with E-state index in [4.69, 9.17) is 14.2 Å².